The van der Waals surface area contributed by atoms with Crippen molar-refractivity contribution in [1.82, 2.24) is 0 Å². The lowest BCUT2D eigenvalue weighted by atomic mass is 10.1. The Kier molecular flexibility index (Phi) is 4.15. The number of anilines is 2. The fourth-order valence-electron chi connectivity index (χ4n) is 2.86. The monoisotopic (exact) mass is 308 g/mol. The smallest absolute Gasteiger partial charge is 0.229 e. The number of nitrogens with one attached hydrogen (secondary N) is 1. The SMILES string of the molecule is Cc1ccc(NC(=O)[C@H]2CC(=O)N(c3ccccc3C)C2)cc1. The van der Waals surface area contributed by atoms with Crippen molar-refractivity contribution < 1.29 is 9.59 Å². The first-order chi connectivity index (χ1) is 11.0. The molecule has 2 aromatic carbocycles. The Bertz CT molecular complexity index is 737. The molecule has 0 saturated carbocycles. The lowest BCUT2D eigenvalue weighted by molar-refractivity contribution is -0.122. The number of carbonyl (C=O) groups is 2. The maximum absolute atomic E-state index is 12.4. The molecule has 2 amide bonds. The summed E-state index contributed by atoms with van der Waals surface area (Å²) in [6.45, 7) is 4.41. The summed E-state index contributed by atoms with van der Waals surface area (Å²) < 4.78 is 0. The fraction of sp³-hybridized carbons (Fsp3) is 0.263. The molecule has 1 atom stereocenters. The number of amides is 2. The average Bonchev–Trinajstić information content (AvgIpc) is 2.92. The van der Waals surface area contributed by atoms with E-state index in [0.29, 0.717) is 6.54 Å². The zero-order chi connectivity index (χ0) is 16.4. The van der Waals surface area contributed by atoms with E-state index in [1.807, 2.05) is 62.4 Å². The van der Waals surface area contributed by atoms with Crippen LogP contribution in [-0.4, -0.2) is 18.4 Å². The van der Waals surface area contributed by atoms with Gasteiger partial charge in [-0.05, 0) is 37.6 Å². The summed E-state index contributed by atoms with van der Waals surface area (Å²) in [5.74, 6) is -0.412. The van der Waals surface area contributed by atoms with Crippen LogP contribution in [0.5, 0.6) is 0 Å². The number of rotatable bonds is 3. The summed E-state index contributed by atoms with van der Waals surface area (Å²) >= 11 is 0. The van der Waals surface area contributed by atoms with Crippen molar-refractivity contribution in [2.24, 2.45) is 5.92 Å². The molecule has 0 bridgehead atoms. The number of carbonyl (C=O) groups excluding carboxylic acids is 2. The van der Waals surface area contributed by atoms with Crippen molar-refractivity contribution in [3.8, 4) is 0 Å². The molecular formula is C19H20N2O2. The van der Waals surface area contributed by atoms with E-state index in [1.54, 1.807) is 4.90 Å². The van der Waals surface area contributed by atoms with Crippen LogP contribution in [0, 0.1) is 19.8 Å². The van der Waals surface area contributed by atoms with Gasteiger partial charge in [0.15, 0.2) is 0 Å². The van der Waals surface area contributed by atoms with E-state index in [2.05, 4.69) is 5.32 Å². The van der Waals surface area contributed by atoms with E-state index < -0.39 is 0 Å². The summed E-state index contributed by atoms with van der Waals surface area (Å²) in [4.78, 5) is 26.4. The van der Waals surface area contributed by atoms with Crippen LogP contribution in [0.25, 0.3) is 0 Å². The number of hydrogen-bond donors (Lipinski definition) is 1. The van der Waals surface area contributed by atoms with Gasteiger partial charge in [-0.15, -0.1) is 0 Å². The van der Waals surface area contributed by atoms with Gasteiger partial charge in [0.25, 0.3) is 0 Å². The van der Waals surface area contributed by atoms with Crippen molar-refractivity contribution in [1.29, 1.82) is 0 Å². The van der Waals surface area contributed by atoms with Gasteiger partial charge >= 0.3 is 0 Å². The van der Waals surface area contributed by atoms with Gasteiger partial charge in [-0.25, -0.2) is 0 Å². The summed E-state index contributed by atoms with van der Waals surface area (Å²) in [5.41, 5.74) is 3.84. The number of hydrogen-bond acceptors (Lipinski definition) is 2. The van der Waals surface area contributed by atoms with Gasteiger partial charge < -0.3 is 10.2 Å². The van der Waals surface area contributed by atoms with Crippen molar-refractivity contribution in [3.63, 3.8) is 0 Å². The second-order valence-corrected chi connectivity index (χ2v) is 6.05. The van der Waals surface area contributed by atoms with Crippen LogP contribution >= 0.6 is 0 Å². The predicted octanol–water partition coefficient (Wildman–Crippen LogP) is 3.30. The van der Waals surface area contributed by atoms with Gasteiger partial charge in [-0.3, -0.25) is 9.59 Å². The van der Waals surface area contributed by atoms with Crippen LogP contribution in [0.1, 0.15) is 17.5 Å². The molecule has 2 aromatic rings. The molecule has 118 valence electrons. The zero-order valence-electron chi connectivity index (χ0n) is 13.4. The number of aryl methyl sites for hydroxylation is 2. The highest BCUT2D eigenvalue weighted by Gasteiger charge is 2.35. The van der Waals surface area contributed by atoms with Crippen LogP contribution < -0.4 is 10.2 Å². The highest BCUT2D eigenvalue weighted by atomic mass is 16.2. The molecule has 1 aliphatic heterocycles. The van der Waals surface area contributed by atoms with Crippen LogP contribution in [0.4, 0.5) is 11.4 Å². The summed E-state index contributed by atoms with van der Waals surface area (Å²) in [7, 11) is 0. The Morgan fingerprint density at radius 2 is 1.78 bits per heavy atom. The second kappa shape index (κ2) is 6.24. The molecule has 3 rings (SSSR count). The standard InChI is InChI=1S/C19H20N2O2/c1-13-7-9-16(10-8-13)20-19(23)15-11-18(22)21(12-15)17-6-4-3-5-14(17)2/h3-10,15H,11-12H2,1-2H3,(H,20,23)/t15-/m0/s1. The molecule has 0 aliphatic carbocycles. The first-order valence-corrected chi connectivity index (χ1v) is 7.78. The molecule has 0 radical (unpaired) electrons. The van der Waals surface area contributed by atoms with Crippen LogP contribution in [0.15, 0.2) is 48.5 Å². The number of benzene rings is 2. The zero-order valence-corrected chi connectivity index (χ0v) is 13.4. The van der Waals surface area contributed by atoms with Crippen molar-refractivity contribution in [3.05, 3.63) is 59.7 Å². The van der Waals surface area contributed by atoms with E-state index >= 15 is 0 Å². The topological polar surface area (TPSA) is 49.4 Å². The normalized spacial score (nSPS) is 17.4. The van der Waals surface area contributed by atoms with Crippen molar-refractivity contribution in [2.75, 3.05) is 16.8 Å². The fourth-order valence-corrected chi connectivity index (χ4v) is 2.86. The van der Waals surface area contributed by atoms with Crippen molar-refractivity contribution in [2.45, 2.75) is 20.3 Å². The molecule has 1 fully saturated rings. The minimum atomic E-state index is -0.316. The molecular weight excluding hydrogens is 288 g/mol. The van der Waals surface area contributed by atoms with E-state index in [0.717, 1.165) is 22.5 Å². The Hall–Kier alpha value is -2.62. The van der Waals surface area contributed by atoms with Gasteiger partial charge in [-0.2, -0.15) is 0 Å². The largest absolute Gasteiger partial charge is 0.326 e. The highest BCUT2D eigenvalue weighted by molar-refractivity contribution is 6.03. The lowest BCUT2D eigenvalue weighted by Crippen LogP contribution is -2.28. The molecule has 4 nitrogen and oxygen atoms in total. The van der Waals surface area contributed by atoms with Gasteiger partial charge in [0.2, 0.25) is 11.8 Å². The number of para-hydroxylation sites is 1. The third kappa shape index (κ3) is 3.26. The minimum Gasteiger partial charge on any atom is -0.326 e. The van der Waals surface area contributed by atoms with Crippen molar-refractivity contribution >= 4 is 23.2 Å². The molecule has 1 N–H and O–H groups in total. The van der Waals surface area contributed by atoms with E-state index in [9.17, 15) is 9.59 Å². The molecule has 0 unspecified atom stereocenters. The van der Waals surface area contributed by atoms with Crippen LogP contribution in [0.3, 0.4) is 0 Å². The Morgan fingerprint density at radius 3 is 2.48 bits per heavy atom. The van der Waals surface area contributed by atoms with Gasteiger partial charge in [0, 0.05) is 24.3 Å². The quantitative estimate of drug-likeness (QED) is 0.946. The third-order valence-electron chi connectivity index (χ3n) is 4.22. The predicted molar refractivity (Wildman–Crippen MR) is 91.4 cm³/mol. The number of nitrogens with zero attached hydrogens (tertiary/aromatic N) is 1. The van der Waals surface area contributed by atoms with Crippen LogP contribution in [0.2, 0.25) is 0 Å². The van der Waals surface area contributed by atoms with E-state index in [4.69, 9.17) is 0 Å². The van der Waals surface area contributed by atoms with Gasteiger partial charge in [0.1, 0.15) is 0 Å². The maximum atomic E-state index is 12.4. The Balaban J connectivity index is 1.71. The maximum Gasteiger partial charge on any atom is 0.229 e. The van der Waals surface area contributed by atoms with Gasteiger partial charge in [-0.1, -0.05) is 35.9 Å². The molecule has 0 aromatic heterocycles. The summed E-state index contributed by atoms with van der Waals surface area (Å²) in [6.07, 6.45) is 0.256. The minimum absolute atomic E-state index is 0.00311. The Morgan fingerprint density at radius 1 is 1.09 bits per heavy atom. The second-order valence-electron chi connectivity index (χ2n) is 6.05. The molecule has 1 saturated heterocycles. The average molecular weight is 308 g/mol. The lowest BCUT2D eigenvalue weighted by Gasteiger charge is -2.19. The molecule has 1 heterocycles. The van der Waals surface area contributed by atoms with Gasteiger partial charge in [0.05, 0.1) is 5.92 Å². The molecule has 23 heavy (non-hydrogen) atoms. The van der Waals surface area contributed by atoms with Crippen LogP contribution in [-0.2, 0) is 9.59 Å². The van der Waals surface area contributed by atoms with E-state index in [-0.39, 0.29) is 24.2 Å². The first-order valence-electron chi connectivity index (χ1n) is 7.78. The highest BCUT2D eigenvalue weighted by Crippen LogP contribution is 2.28. The molecule has 4 heteroatoms. The first kappa shape index (κ1) is 15.3. The van der Waals surface area contributed by atoms with E-state index in [1.165, 1.54) is 0 Å². The molecule has 1 aliphatic rings. The third-order valence-corrected chi connectivity index (χ3v) is 4.22. The summed E-state index contributed by atoms with van der Waals surface area (Å²) in [5, 5.41) is 2.90. The summed E-state index contributed by atoms with van der Waals surface area (Å²) in [6, 6.07) is 15.4. The molecule has 0 spiro atoms. The Labute approximate surface area is 136 Å².